The van der Waals surface area contributed by atoms with Gasteiger partial charge in [-0.25, -0.2) is 0 Å². The molecule has 5 nitrogen and oxygen atoms in total. The van der Waals surface area contributed by atoms with Crippen molar-refractivity contribution in [2.24, 2.45) is 0 Å². The van der Waals surface area contributed by atoms with Crippen molar-refractivity contribution in [1.29, 1.82) is 0 Å². The Hall–Kier alpha value is -3.99. The van der Waals surface area contributed by atoms with Crippen molar-refractivity contribution >= 4 is 34.1 Å². The smallest absolute Gasteiger partial charge is 0.255 e. The van der Waals surface area contributed by atoms with E-state index < -0.39 is 0 Å². The summed E-state index contributed by atoms with van der Waals surface area (Å²) in [6, 6.07) is 23.6. The minimum Gasteiger partial charge on any atom is -0.322 e. The van der Waals surface area contributed by atoms with E-state index in [1.54, 1.807) is 30.5 Å². The zero-order chi connectivity index (χ0) is 20.2. The third-order valence-corrected chi connectivity index (χ3v) is 4.64. The van der Waals surface area contributed by atoms with Crippen LogP contribution in [0, 0.1) is 6.92 Å². The number of fused-ring (bicyclic) bond motifs is 1. The summed E-state index contributed by atoms with van der Waals surface area (Å²) in [6.45, 7) is 1.91. The Bertz CT molecular complexity index is 1200. The molecule has 0 bridgehead atoms. The number of benzene rings is 3. The lowest BCUT2D eigenvalue weighted by Crippen LogP contribution is -2.14. The lowest BCUT2D eigenvalue weighted by molar-refractivity contribution is 0.101. The normalized spacial score (nSPS) is 10.5. The largest absolute Gasteiger partial charge is 0.322 e. The van der Waals surface area contributed by atoms with Crippen molar-refractivity contribution in [1.82, 2.24) is 4.98 Å². The first kappa shape index (κ1) is 18.4. The highest BCUT2D eigenvalue weighted by Crippen LogP contribution is 2.22. The maximum atomic E-state index is 12.7. The van der Waals surface area contributed by atoms with E-state index in [4.69, 9.17) is 0 Å². The molecule has 4 aromatic rings. The first-order valence-corrected chi connectivity index (χ1v) is 9.23. The van der Waals surface area contributed by atoms with Crippen LogP contribution in [0.15, 0.2) is 85.1 Å². The van der Waals surface area contributed by atoms with Crippen LogP contribution in [0.1, 0.15) is 26.3 Å². The van der Waals surface area contributed by atoms with E-state index in [2.05, 4.69) is 15.6 Å². The summed E-state index contributed by atoms with van der Waals surface area (Å²) in [6.07, 6.45) is 1.72. The predicted octanol–water partition coefficient (Wildman–Crippen LogP) is 5.05. The summed E-state index contributed by atoms with van der Waals surface area (Å²) in [4.78, 5) is 29.4. The topological polar surface area (TPSA) is 71.1 Å². The van der Waals surface area contributed by atoms with Gasteiger partial charge in [0.15, 0.2) is 0 Å². The van der Waals surface area contributed by atoms with Gasteiger partial charge in [0.25, 0.3) is 11.8 Å². The Morgan fingerprint density at radius 2 is 1.55 bits per heavy atom. The van der Waals surface area contributed by atoms with Crippen molar-refractivity contribution in [3.05, 3.63) is 102 Å². The van der Waals surface area contributed by atoms with Crippen molar-refractivity contribution in [3.63, 3.8) is 0 Å². The van der Waals surface area contributed by atoms with Gasteiger partial charge in [-0.3, -0.25) is 14.6 Å². The number of pyridine rings is 1. The third-order valence-electron chi connectivity index (χ3n) is 4.64. The van der Waals surface area contributed by atoms with Gasteiger partial charge in [0.1, 0.15) is 0 Å². The van der Waals surface area contributed by atoms with Crippen molar-refractivity contribution in [3.8, 4) is 0 Å². The van der Waals surface area contributed by atoms with E-state index >= 15 is 0 Å². The lowest BCUT2D eigenvalue weighted by atomic mass is 10.1. The minimum atomic E-state index is -0.217. The number of hydrogen-bond acceptors (Lipinski definition) is 3. The average molecular weight is 381 g/mol. The Morgan fingerprint density at radius 3 is 2.38 bits per heavy atom. The number of hydrogen-bond donors (Lipinski definition) is 2. The van der Waals surface area contributed by atoms with E-state index in [0.29, 0.717) is 22.5 Å². The van der Waals surface area contributed by atoms with E-state index in [1.807, 2.05) is 61.5 Å². The lowest BCUT2D eigenvalue weighted by Gasteiger charge is -2.12. The van der Waals surface area contributed by atoms with Gasteiger partial charge in [-0.15, -0.1) is 0 Å². The molecule has 0 saturated carbocycles. The third kappa shape index (κ3) is 4.14. The molecule has 0 fully saturated rings. The van der Waals surface area contributed by atoms with Crippen LogP contribution in [0.3, 0.4) is 0 Å². The van der Waals surface area contributed by atoms with Crippen LogP contribution in [-0.4, -0.2) is 16.8 Å². The fourth-order valence-electron chi connectivity index (χ4n) is 3.04. The Kier molecular flexibility index (Phi) is 5.03. The number of nitrogens with one attached hydrogen (secondary N) is 2. The second-order valence-electron chi connectivity index (χ2n) is 6.71. The zero-order valence-corrected chi connectivity index (χ0v) is 15.8. The van der Waals surface area contributed by atoms with Crippen LogP contribution in [0.2, 0.25) is 0 Å². The molecule has 1 heterocycles. The highest BCUT2D eigenvalue weighted by molar-refractivity contribution is 6.07. The molecule has 1 aromatic heterocycles. The van der Waals surface area contributed by atoms with E-state index in [9.17, 15) is 9.59 Å². The maximum absolute atomic E-state index is 12.7. The number of anilines is 2. The standard InChI is InChI=1S/C24H19N3O2/c1-16-9-11-20(26-23(28)17-6-3-2-4-7-17)15-22(16)27-24(29)19-10-12-21-18(14-19)8-5-13-25-21/h2-15H,1H3,(H,26,28)(H,27,29). The van der Waals surface area contributed by atoms with Gasteiger partial charge in [-0.05, 0) is 61.0 Å². The highest BCUT2D eigenvalue weighted by atomic mass is 16.2. The molecule has 2 amide bonds. The van der Waals surface area contributed by atoms with Crippen LogP contribution in [0.5, 0.6) is 0 Å². The number of aromatic nitrogens is 1. The highest BCUT2D eigenvalue weighted by Gasteiger charge is 2.11. The maximum Gasteiger partial charge on any atom is 0.255 e. The fourth-order valence-corrected chi connectivity index (χ4v) is 3.04. The molecule has 0 radical (unpaired) electrons. The second-order valence-corrected chi connectivity index (χ2v) is 6.71. The SMILES string of the molecule is Cc1ccc(NC(=O)c2ccccc2)cc1NC(=O)c1ccc2ncccc2c1. The van der Waals surface area contributed by atoms with Crippen molar-refractivity contribution < 1.29 is 9.59 Å². The zero-order valence-electron chi connectivity index (χ0n) is 15.8. The summed E-state index contributed by atoms with van der Waals surface area (Å²) in [5.74, 6) is -0.417. The van der Waals surface area contributed by atoms with Gasteiger partial charge < -0.3 is 10.6 Å². The summed E-state index contributed by atoms with van der Waals surface area (Å²) in [5.41, 5.74) is 4.12. The molecule has 0 saturated heterocycles. The van der Waals surface area contributed by atoms with Crippen molar-refractivity contribution in [2.45, 2.75) is 6.92 Å². The molecule has 0 aliphatic rings. The van der Waals surface area contributed by atoms with Gasteiger partial charge in [0.05, 0.1) is 5.52 Å². The molecule has 0 aliphatic heterocycles. The molecule has 3 aromatic carbocycles. The summed E-state index contributed by atoms with van der Waals surface area (Å²) >= 11 is 0. The fraction of sp³-hybridized carbons (Fsp3) is 0.0417. The molecule has 4 rings (SSSR count). The number of aryl methyl sites for hydroxylation is 1. The first-order chi connectivity index (χ1) is 14.1. The Labute approximate surface area is 168 Å². The van der Waals surface area contributed by atoms with Crippen LogP contribution in [-0.2, 0) is 0 Å². The Balaban J connectivity index is 1.54. The summed E-state index contributed by atoms with van der Waals surface area (Å²) < 4.78 is 0. The number of nitrogens with zero attached hydrogens (tertiary/aromatic N) is 1. The van der Waals surface area contributed by atoms with E-state index in [0.717, 1.165) is 16.5 Å². The quantitative estimate of drug-likeness (QED) is 0.520. The first-order valence-electron chi connectivity index (χ1n) is 9.23. The summed E-state index contributed by atoms with van der Waals surface area (Å²) in [5, 5.41) is 6.70. The average Bonchev–Trinajstić information content (AvgIpc) is 2.76. The predicted molar refractivity (Wildman–Crippen MR) is 115 cm³/mol. The second kappa shape index (κ2) is 7.94. The van der Waals surface area contributed by atoms with Crippen LogP contribution >= 0.6 is 0 Å². The van der Waals surface area contributed by atoms with Gasteiger partial charge in [0.2, 0.25) is 0 Å². The molecular formula is C24H19N3O2. The Morgan fingerprint density at radius 1 is 0.759 bits per heavy atom. The van der Waals surface area contributed by atoms with Crippen molar-refractivity contribution in [2.75, 3.05) is 10.6 Å². The van der Waals surface area contributed by atoms with E-state index in [-0.39, 0.29) is 11.8 Å². The minimum absolute atomic E-state index is 0.200. The van der Waals surface area contributed by atoms with E-state index in [1.165, 1.54) is 0 Å². The molecule has 0 spiro atoms. The van der Waals surface area contributed by atoms with Crippen LogP contribution in [0.25, 0.3) is 10.9 Å². The summed E-state index contributed by atoms with van der Waals surface area (Å²) in [7, 11) is 0. The molecule has 0 atom stereocenters. The van der Waals surface area contributed by atoms with Gasteiger partial charge in [0, 0.05) is 34.1 Å². The molecular weight excluding hydrogens is 362 g/mol. The molecule has 0 aliphatic carbocycles. The molecule has 0 unspecified atom stereocenters. The van der Waals surface area contributed by atoms with Gasteiger partial charge >= 0.3 is 0 Å². The number of amides is 2. The molecule has 142 valence electrons. The molecule has 5 heteroatoms. The molecule has 29 heavy (non-hydrogen) atoms. The van der Waals surface area contributed by atoms with Gasteiger partial charge in [-0.1, -0.05) is 30.3 Å². The van der Waals surface area contributed by atoms with Crippen LogP contribution < -0.4 is 10.6 Å². The number of carbonyl (C=O) groups is 2. The van der Waals surface area contributed by atoms with Crippen LogP contribution in [0.4, 0.5) is 11.4 Å². The monoisotopic (exact) mass is 381 g/mol. The number of rotatable bonds is 4. The van der Waals surface area contributed by atoms with Gasteiger partial charge in [-0.2, -0.15) is 0 Å². The number of carbonyl (C=O) groups excluding carboxylic acids is 2. The molecule has 2 N–H and O–H groups in total.